The zero-order valence-corrected chi connectivity index (χ0v) is 12.6. The second-order valence-electron chi connectivity index (χ2n) is 6.11. The van der Waals surface area contributed by atoms with E-state index in [9.17, 15) is 4.79 Å². The van der Waals surface area contributed by atoms with Gasteiger partial charge in [0.15, 0.2) is 0 Å². The Kier molecular flexibility index (Phi) is 3.26. The first-order chi connectivity index (χ1) is 8.31. The summed E-state index contributed by atoms with van der Waals surface area (Å²) in [6, 6.07) is 0. The fourth-order valence-corrected chi connectivity index (χ4v) is 3.77. The summed E-state index contributed by atoms with van der Waals surface area (Å²) in [4.78, 5) is 17.9. The number of carbonyl (C=O) groups excluding carboxylic acids is 1. The van der Waals surface area contributed by atoms with Crippen LogP contribution in [-0.4, -0.2) is 18.1 Å². The van der Waals surface area contributed by atoms with Gasteiger partial charge in [0.05, 0.1) is 17.8 Å². The van der Waals surface area contributed by atoms with Crippen LogP contribution in [0.5, 0.6) is 0 Å². The molecule has 1 aliphatic carbocycles. The monoisotopic (exact) mass is 267 g/mol. The van der Waals surface area contributed by atoms with E-state index in [1.54, 1.807) is 11.3 Å². The van der Waals surface area contributed by atoms with Gasteiger partial charge in [0.25, 0.3) is 0 Å². The van der Waals surface area contributed by atoms with Gasteiger partial charge in [-0.05, 0) is 19.8 Å². The number of thiazole rings is 1. The summed E-state index contributed by atoms with van der Waals surface area (Å²) in [5.41, 5.74) is 0.629. The first kappa shape index (κ1) is 13.5. The van der Waals surface area contributed by atoms with Crippen molar-refractivity contribution in [1.29, 1.82) is 0 Å². The highest BCUT2D eigenvalue weighted by Crippen LogP contribution is 2.49. The van der Waals surface area contributed by atoms with E-state index >= 15 is 0 Å². The van der Waals surface area contributed by atoms with Crippen LogP contribution in [0, 0.1) is 6.92 Å². The molecule has 3 nitrogen and oxygen atoms in total. The zero-order valence-electron chi connectivity index (χ0n) is 11.8. The van der Waals surface area contributed by atoms with Crippen LogP contribution in [0.4, 0.5) is 0 Å². The molecule has 1 aromatic heterocycles. The van der Waals surface area contributed by atoms with E-state index in [4.69, 9.17) is 4.74 Å². The third-order valence-electron chi connectivity index (χ3n) is 3.66. The first-order valence-electron chi connectivity index (χ1n) is 6.38. The van der Waals surface area contributed by atoms with Gasteiger partial charge in [-0.25, -0.2) is 4.98 Å². The minimum atomic E-state index is -0.403. The number of hydrogen-bond donors (Lipinski definition) is 0. The molecule has 4 heteroatoms. The van der Waals surface area contributed by atoms with Crippen LogP contribution < -0.4 is 0 Å². The molecule has 0 saturated heterocycles. The van der Waals surface area contributed by atoms with Crippen molar-refractivity contribution in [2.45, 2.75) is 57.8 Å². The van der Waals surface area contributed by atoms with E-state index in [1.807, 2.05) is 6.92 Å². The van der Waals surface area contributed by atoms with Gasteiger partial charge in [-0.2, -0.15) is 0 Å². The van der Waals surface area contributed by atoms with E-state index in [-0.39, 0.29) is 11.4 Å². The van der Waals surface area contributed by atoms with Gasteiger partial charge in [0.2, 0.25) is 0 Å². The summed E-state index contributed by atoms with van der Waals surface area (Å²) < 4.78 is 5.00. The highest BCUT2D eigenvalue weighted by atomic mass is 32.1. The van der Waals surface area contributed by atoms with Crippen molar-refractivity contribution < 1.29 is 9.53 Å². The standard InChI is InChI=1S/C14H21NO2S/c1-9-10(18-11(15-9)13(2,3)4)14(7-6-8-14)12(16)17-5/h6-8H2,1-5H3. The van der Waals surface area contributed by atoms with Crippen LogP contribution in [0.25, 0.3) is 0 Å². The number of hydrogen-bond acceptors (Lipinski definition) is 4. The Morgan fingerprint density at radius 1 is 1.39 bits per heavy atom. The molecule has 0 N–H and O–H groups in total. The number of rotatable bonds is 2. The van der Waals surface area contributed by atoms with Crippen LogP contribution in [-0.2, 0) is 20.4 Å². The van der Waals surface area contributed by atoms with Crippen molar-refractivity contribution in [1.82, 2.24) is 4.98 Å². The maximum Gasteiger partial charge on any atom is 0.317 e. The normalized spacial score (nSPS) is 18.3. The molecule has 1 saturated carbocycles. The van der Waals surface area contributed by atoms with E-state index in [0.29, 0.717) is 0 Å². The highest BCUT2D eigenvalue weighted by Gasteiger charge is 2.49. The molecule has 0 spiro atoms. The molecule has 2 rings (SSSR count). The van der Waals surface area contributed by atoms with Crippen molar-refractivity contribution in [2.24, 2.45) is 0 Å². The second kappa shape index (κ2) is 4.34. The molecule has 1 heterocycles. The van der Waals surface area contributed by atoms with Crippen molar-refractivity contribution in [2.75, 3.05) is 7.11 Å². The van der Waals surface area contributed by atoms with E-state index in [0.717, 1.165) is 34.8 Å². The SMILES string of the molecule is COC(=O)C1(c2sc(C(C)(C)C)nc2C)CCC1. The molecule has 0 bridgehead atoms. The van der Waals surface area contributed by atoms with Crippen LogP contribution in [0.2, 0.25) is 0 Å². The van der Waals surface area contributed by atoms with Gasteiger partial charge in [-0.3, -0.25) is 4.79 Å². The summed E-state index contributed by atoms with van der Waals surface area (Å²) in [7, 11) is 1.48. The quantitative estimate of drug-likeness (QED) is 0.771. The minimum absolute atomic E-state index is 0.0364. The van der Waals surface area contributed by atoms with Gasteiger partial charge >= 0.3 is 5.97 Å². The molecule has 0 amide bonds. The molecular formula is C14H21NO2S. The van der Waals surface area contributed by atoms with Gasteiger partial charge < -0.3 is 4.74 Å². The number of carbonyl (C=O) groups is 1. The molecule has 0 unspecified atom stereocenters. The molecule has 0 aliphatic heterocycles. The Balaban J connectivity index is 2.44. The van der Waals surface area contributed by atoms with Crippen LogP contribution >= 0.6 is 11.3 Å². The third kappa shape index (κ3) is 1.96. The largest absolute Gasteiger partial charge is 0.468 e. The van der Waals surface area contributed by atoms with Gasteiger partial charge in [0, 0.05) is 10.3 Å². The lowest BCUT2D eigenvalue weighted by molar-refractivity contribution is -0.151. The van der Waals surface area contributed by atoms with Crippen molar-refractivity contribution in [3.05, 3.63) is 15.6 Å². The van der Waals surface area contributed by atoms with Crippen LogP contribution in [0.1, 0.15) is 55.6 Å². The van der Waals surface area contributed by atoms with Crippen LogP contribution in [0.15, 0.2) is 0 Å². The maximum absolute atomic E-state index is 12.1. The van der Waals surface area contributed by atoms with E-state index in [1.165, 1.54) is 7.11 Å². The molecule has 0 aromatic carbocycles. The lowest BCUT2D eigenvalue weighted by Crippen LogP contribution is -2.43. The number of aryl methyl sites for hydroxylation is 1. The first-order valence-corrected chi connectivity index (χ1v) is 7.20. The minimum Gasteiger partial charge on any atom is -0.468 e. The Labute approximate surface area is 113 Å². The summed E-state index contributed by atoms with van der Waals surface area (Å²) in [5.74, 6) is -0.0963. The average Bonchev–Trinajstić information content (AvgIpc) is 2.59. The maximum atomic E-state index is 12.1. The lowest BCUT2D eigenvalue weighted by atomic mass is 9.67. The fourth-order valence-electron chi connectivity index (χ4n) is 2.41. The number of aromatic nitrogens is 1. The smallest absolute Gasteiger partial charge is 0.317 e. The average molecular weight is 267 g/mol. The van der Waals surface area contributed by atoms with E-state index in [2.05, 4.69) is 25.8 Å². The summed E-state index contributed by atoms with van der Waals surface area (Å²) >= 11 is 1.68. The molecule has 18 heavy (non-hydrogen) atoms. The predicted molar refractivity (Wildman–Crippen MR) is 73.1 cm³/mol. The van der Waals surface area contributed by atoms with Crippen molar-refractivity contribution in [3.63, 3.8) is 0 Å². The molecule has 1 aliphatic rings. The summed E-state index contributed by atoms with van der Waals surface area (Å²) in [5, 5.41) is 1.10. The zero-order chi connectivity index (χ0) is 13.6. The Bertz CT molecular complexity index is 467. The molecule has 100 valence electrons. The van der Waals surface area contributed by atoms with Crippen molar-refractivity contribution >= 4 is 17.3 Å². The Morgan fingerprint density at radius 2 is 2.00 bits per heavy atom. The molecule has 1 fully saturated rings. The predicted octanol–water partition coefficient (Wildman–Crippen LogP) is 3.34. The van der Waals surface area contributed by atoms with E-state index < -0.39 is 5.41 Å². The molecule has 0 atom stereocenters. The fraction of sp³-hybridized carbons (Fsp3) is 0.714. The van der Waals surface area contributed by atoms with Crippen molar-refractivity contribution in [3.8, 4) is 0 Å². The summed E-state index contributed by atoms with van der Waals surface area (Å²) in [6.07, 6.45) is 2.88. The highest BCUT2D eigenvalue weighted by molar-refractivity contribution is 7.12. The van der Waals surface area contributed by atoms with Gasteiger partial charge in [-0.1, -0.05) is 27.2 Å². The molecule has 1 aromatic rings. The Hall–Kier alpha value is -0.900. The molecular weight excluding hydrogens is 246 g/mol. The van der Waals surface area contributed by atoms with Gasteiger partial charge in [0.1, 0.15) is 5.41 Å². The second-order valence-corrected chi connectivity index (χ2v) is 7.11. The number of methoxy groups -OCH3 is 1. The number of esters is 1. The summed E-state index contributed by atoms with van der Waals surface area (Å²) in [6.45, 7) is 8.46. The van der Waals surface area contributed by atoms with Gasteiger partial charge in [-0.15, -0.1) is 11.3 Å². The lowest BCUT2D eigenvalue weighted by Gasteiger charge is -2.38. The number of nitrogens with zero attached hydrogens (tertiary/aromatic N) is 1. The Morgan fingerprint density at radius 3 is 2.33 bits per heavy atom. The third-order valence-corrected chi connectivity index (χ3v) is 5.44. The molecule has 0 radical (unpaired) electrons. The van der Waals surface area contributed by atoms with Crippen LogP contribution in [0.3, 0.4) is 0 Å². The number of ether oxygens (including phenoxy) is 1. The topological polar surface area (TPSA) is 39.2 Å².